The Hall–Kier alpha value is -3.61. The molecule has 0 aliphatic heterocycles. The van der Waals surface area contributed by atoms with Gasteiger partial charge in [0.2, 0.25) is 5.82 Å². The monoisotopic (exact) mass is 391 g/mol. The Balaban J connectivity index is 1.66. The molecule has 0 aliphatic rings. The van der Waals surface area contributed by atoms with Crippen molar-refractivity contribution >= 4 is 22.7 Å². The fraction of sp³-hybridized carbons (Fsp3) is 0.227. The van der Waals surface area contributed by atoms with E-state index in [2.05, 4.69) is 28.6 Å². The van der Waals surface area contributed by atoms with Gasteiger partial charge in [-0.3, -0.25) is 10.1 Å². The van der Waals surface area contributed by atoms with Gasteiger partial charge in [-0.2, -0.15) is 0 Å². The van der Waals surface area contributed by atoms with Crippen molar-refractivity contribution in [2.45, 2.75) is 27.2 Å². The molecular formula is C22H21N3O4. The molecule has 4 rings (SSSR count). The molecule has 1 N–H and O–H groups in total. The minimum atomic E-state index is -0.403. The van der Waals surface area contributed by atoms with E-state index in [1.807, 2.05) is 44.2 Å². The summed E-state index contributed by atoms with van der Waals surface area (Å²) in [6.45, 7) is 5.88. The number of benzene rings is 2. The zero-order valence-electron chi connectivity index (χ0n) is 16.7. The lowest BCUT2D eigenvalue weighted by molar-refractivity contribution is 0.0997. The molecule has 29 heavy (non-hydrogen) atoms. The molecule has 0 bridgehead atoms. The Morgan fingerprint density at radius 1 is 1.14 bits per heavy atom. The summed E-state index contributed by atoms with van der Waals surface area (Å²) in [6, 6.07) is 11.5. The minimum absolute atomic E-state index is 0.234. The molecule has 4 aromatic rings. The Morgan fingerprint density at radius 3 is 2.69 bits per heavy atom. The number of carbonyl (C=O) groups is 1. The SMILES string of the molecule is CCc1ccc2oc(C(=O)Nc3nonc3-c3ccc(OC)cc3C)c(C)c2c1. The molecular weight excluding hydrogens is 370 g/mol. The predicted molar refractivity (Wildman–Crippen MR) is 109 cm³/mol. The fourth-order valence-electron chi connectivity index (χ4n) is 3.34. The first kappa shape index (κ1) is 18.7. The van der Waals surface area contributed by atoms with E-state index in [0.29, 0.717) is 11.3 Å². The Labute approximate surface area is 167 Å². The maximum absolute atomic E-state index is 12.9. The van der Waals surface area contributed by atoms with E-state index in [-0.39, 0.29) is 11.6 Å². The highest BCUT2D eigenvalue weighted by molar-refractivity contribution is 6.07. The van der Waals surface area contributed by atoms with Crippen LogP contribution in [0.15, 0.2) is 45.4 Å². The molecule has 2 aromatic carbocycles. The Morgan fingerprint density at radius 2 is 1.97 bits per heavy atom. The van der Waals surface area contributed by atoms with Gasteiger partial charge < -0.3 is 9.15 Å². The van der Waals surface area contributed by atoms with Gasteiger partial charge in [-0.25, -0.2) is 4.63 Å². The van der Waals surface area contributed by atoms with Gasteiger partial charge in [0.1, 0.15) is 11.3 Å². The van der Waals surface area contributed by atoms with Gasteiger partial charge in [-0.1, -0.05) is 13.0 Å². The summed E-state index contributed by atoms with van der Waals surface area (Å²) in [5, 5.41) is 11.5. The number of amides is 1. The lowest BCUT2D eigenvalue weighted by Crippen LogP contribution is -2.13. The smallest absolute Gasteiger partial charge is 0.292 e. The summed E-state index contributed by atoms with van der Waals surface area (Å²) in [5.41, 5.74) is 4.80. The van der Waals surface area contributed by atoms with Crippen molar-refractivity contribution in [3.05, 3.63) is 58.8 Å². The zero-order valence-corrected chi connectivity index (χ0v) is 16.7. The predicted octanol–water partition coefficient (Wildman–Crippen LogP) is 4.92. The standard InChI is InChI=1S/C22H21N3O4/c1-5-14-6-9-18-17(11-14)13(3)20(28-18)22(26)23-21-19(24-29-25-21)16-8-7-15(27-4)10-12(16)2/h6-11H,5H2,1-4H3,(H,23,25,26). The molecule has 0 unspecified atom stereocenters. The summed E-state index contributed by atoms with van der Waals surface area (Å²) in [7, 11) is 1.61. The van der Waals surface area contributed by atoms with Crippen molar-refractivity contribution in [3.63, 3.8) is 0 Å². The van der Waals surface area contributed by atoms with Gasteiger partial charge in [0.05, 0.1) is 7.11 Å². The third-order valence-electron chi connectivity index (χ3n) is 5.02. The number of rotatable bonds is 5. The number of furan rings is 1. The van der Waals surface area contributed by atoms with Crippen molar-refractivity contribution < 1.29 is 18.6 Å². The van der Waals surface area contributed by atoms with E-state index in [9.17, 15) is 4.79 Å². The summed E-state index contributed by atoms with van der Waals surface area (Å²) >= 11 is 0. The Kier molecular flexibility index (Phi) is 4.80. The third kappa shape index (κ3) is 3.35. The molecule has 148 valence electrons. The van der Waals surface area contributed by atoms with Gasteiger partial charge >= 0.3 is 0 Å². The molecule has 2 heterocycles. The number of ether oxygens (including phenoxy) is 1. The van der Waals surface area contributed by atoms with Gasteiger partial charge in [0, 0.05) is 16.5 Å². The van der Waals surface area contributed by atoms with Crippen molar-refractivity contribution in [3.8, 4) is 17.0 Å². The van der Waals surface area contributed by atoms with Crippen molar-refractivity contribution in [2.24, 2.45) is 0 Å². The van der Waals surface area contributed by atoms with Crippen LogP contribution < -0.4 is 10.1 Å². The Bertz CT molecular complexity index is 1210. The van der Waals surface area contributed by atoms with E-state index in [1.54, 1.807) is 7.11 Å². The van der Waals surface area contributed by atoms with Gasteiger partial charge in [0.25, 0.3) is 5.91 Å². The first-order chi connectivity index (χ1) is 14.0. The summed E-state index contributed by atoms with van der Waals surface area (Å²) in [4.78, 5) is 12.9. The van der Waals surface area contributed by atoms with E-state index < -0.39 is 5.91 Å². The number of aryl methyl sites for hydroxylation is 3. The van der Waals surface area contributed by atoms with Gasteiger partial charge in [-0.05, 0) is 72.0 Å². The number of anilines is 1. The lowest BCUT2D eigenvalue weighted by atomic mass is 10.1. The number of nitrogens with zero attached hydrogens (tertiary/aromatic N) is 2. The first-order valence-corrected chi connectivity index (χ1v) is 9.32. The molecule has 7 heteroatoms. The highest BCUT2D eigenvalue weighted by Crippen LogP contribution is 2.31. The van der Waals surface area contributed by atoms with Crippen LogP contribution in [0.4, 0.5) is 5.82 Å². The van der Waals surface area contributed by atoms with Crippen LogP contribution in [0.25, 0.3) is 22.2 Å². The minimum Gasteiger partial charge on any atom is -0.497 e. The number of methoxy groups -OCH3 is 1. The maximum atomic E-state index is 12.9. The second kappa shape index (κ2) is 7.43. The molecule has 0 saturated carbocycles. The van der Waals surface area contributed by atoms with Crippen LogP contribution in [0.2, 0.25) is 0 Å². The van der Waals surface area contributed by atoms with Crippen LogP contribution in [0.1, 0.15) is 34.2 Å². The van der Waals surface area contributed by atoms with Gasteiger partial charge in [0.15, 0.2) is 11.5 Å². The topological polar surface area (TPSA) is 90.4 Å². The van der Waals surface area contributed by atoms with Crippen LogP contribution >= 0.6 is 0 Å². The summed E-state index contributed by atoms with van der Waals surface area (Å²) in [5.74, 6) is 0.809. The lowest BCUT2D eigenvalue weighted by Gasteiger charge is -2.07. The normalized spacial score (nSPS) is 11.0. The summed E-state index contributed by atoms with van der Waals surface area (Å²) in [6.07, 6.45) is 0.914. The highest BCUT2D eigenvalue weighted by Gasteiger charge is 2.22. The number of fused-ring (bicyclic) bond motifs is 1. The molecule has 0 radical (unpaired) electrons. The van der Waals surface area contributed by atoms with Crippen LogP contribution in [0.5, 0.6) is 5.75 Å². The second-order valence-corrected chi connectivity index (χ2v) is 6.84. The average molecular weight is 391 g/mol. The fourth-order valence-corrected chi connectivity index (χ4v) is 3.34. The maximum Gasteiger partial charge on any atom is 0.292 e. The molecule has 0 saturated heterocycles. The molecule has 0 atom stereocenters. The second-order valence-electron chi connectivity index (χ2n) is 6.84. The van der Waals surface area contributed by atoms with Gasteiger partial charge in [-0.15, -0.1) is 0 Å². The third-order valence-corrected chi connectivity index (χ3v) is 5.02. The van der Waals surface area contributed by atoms with E-state index >= 15 is 0 Å². The number of hydrogen-bond acceptors (Lipinski definition) is 6. The largest absolute Gasteiger partial charge is 0.497 e. The van der Waals surface area contributed by atoms with Crippen molar-refractivity contribution in [1.82, 2.24) is 10.3 Å². The number of aromatic nitrogens is 2. The zero-order chi connectivity index (χ0) is 20.5. The van der Waals surface area contributed by atoms with E-state index in [1.165, 1.54) is 5.56 Å². The summed E-state index contributed by atoms with van der Waals surface area (Å²) < 4.78 is 15.9. The molecule has 0 spiro atoms. The molecule has 0 fully saturated rings. The number of nitrogens with one attached hydrogen (secondary N) is 1. The van der Waals surface area contributed by atoms with E-state index in [4.69, 9.17) is 13.8 Å². The molecule has 7 nitrogen and oxygen atoms in total. The molecule has 0 aliphatic carbocycles. The number of hydrogen-bond donors (Lipinski definition) is 1. The number of carbonyl (C=O) groups excluding carboxylic acids is 1. The van der Waals surface area contributed by atoms with Crippen LogP contribution in [0.3, 0.4) is 0 Å². The average Bonchev–Trinajstić information content (AvgIpc) is 3.32. The van der Waals surface area contributed by atoms with Crippen LogP contribution in [-0.2, 0) is 6.42 Å². The van der Waals surface area contributed by atoms with Crippen LogP contribution in [0, 0.1) is 13.8 Å². The van der Waals surface area contributed by atoms with Crippen molar-refractivity contribution in [2.75, 3.05) is 12.4 Å². The van der Waals surface area contributed by atoms with Crippen molar-refractivity contribution in [1.29, 1.82) is 0 Å². The van der Waals surface area contributed by atoms with E-state index in [0.717, 1.165) is 34.2 Å². The quantitative estimate of drug-likeness (QED) is 0.519. The highest BCUT2D eigenvalue weighted by atomic mass is 16.6. The molecule has 1 amide bonds. The molecule has 2 aromatic heterocycles. The van der Waals surface area contributed by atoms with Crippen LogP contribution in [-0.4, -0.2) is 23.3 Å². The first-order valence-electron chi connectivity index (χ1n) is 9.32.